The fourth-order valence-corrected chi connectivity index (χ4v) is 3.29. The largest absolute Gasteiger partial charge is 0.399 e. The molecule has 7 heteroatoms. The second-order valence-electron chi connectivity index (χ2n) is 4.93. The van der Waals surface area contributed by atoms with Gasteiger partial charge in [-0.3, -0.25) is 0 Å². The highest BCUT2D eigenvalue weighted by Crippen LogP contribution is 2.21. The SMILES string of the molecule is Cc1cc(N)cc(S(=O)(=O)NC(C)CN(C)C)c1F. The van der Waals surface area contributed by atoms with Gasteiger partial charge in [0.05, 0.1) is 0 Å². The van der Waals surface area contributed by atoms with Gasteiger partial charge in [0.25, 0.3) is 0 Å². The number of sulfonamides is 1. The van der Waals surface area contributed by atoms with Crippen LogP contribution in [0.25, 0.3) is 0 Å². The summed E-state index contributed by atoms with van der Waals surface area (Å²) in [5.74, 6) is -0.765. The number of nitrogens with zero attached hydrogens (tertiary/aromatic N) is 1. The van der Waals surface area contributed by atoms with Gasteiger partial charge in [0.2, 0.25) is 10.0 Å². The normalized spacial score (nSPS) is 13.8. The first kappa shape index (κ1) is 15.9. The Bertz CT molecular complexity index is 558. The predicted octanol–water partition coefficient (Wildman–Crippen LogP) is 0.945. The molecule has 0 aliphatic rings. The van der Waals surface area contributed by atoms with Crippen LogP contribution in [0.15, 0.2) is 17.0 Å². The van der Waals surface area contributed by atoms with Crippen LogP contribution in [0.1, 0.15) is 12.5 Å². The summed E-state index contributed by atoms with van der Waals surface area (Å²) in [6.07, 6.45) is 0. The highest BCUT2D eigenvalue weighted by atomic mass is 32.2. The molecule has 0 fully saturated rings. The van der Waals surface area contributed by atoms with E-state index in [4.69, 9.17) is 5.73 Å². The van der Waals surface area contributed by atoms with Crippen molar-refractivity contribution in [3.8, 4) is 0 Å². The van der Waals surface area contributed by atoms with E-state index in [9.17, 15) is 12.8 Å². The van der Waals surface area contributed by atoms with Crippen molar-refractivity contribution in [2.24, 2.45) is 0 Å². The van der Waals surface area contributed by atoms with Crippen LogP contribution < -0.4 is 10.5 Å². The van der Waals surface area contributed by atoms with Crippen molar-refractivity contribution in [3.05, 3.63) is 23.5 Å². The maximum absolute atomic E-state index is 13.9. The summed E-state index contributed by atoms with van der Waals surface area (Å²) in [4.78, 5) is 1.43. The molecule has 3 N–H and O–H groups in total. The minimum Gasteiger partial charge on any atom is -0.399 e. The summed E-state index contributed by atoms with van der Waals surface area (Å²) in [6.45, 7) is 3.71. The lowest BCUT2D eigenvalue weighted by Crippen LogP contribution is -2.39. The summed E-state index contributed by atoms with van der Waals surface area (Å²) in [5, 5.41) is 0. The Kier molecular flexibility index (Phi) is 4.89. The van der Waals surface area contributed by atoms with Crippen molar-refractivity contribution in [2.75, 3.05) is 26.4 Å². The molecule has 0 aromatic heterocycles. The molecular weight excluding hydrogens is 269 g/mol. The van der Waals surface area contributed by atoms with E-state index in [1.54, 1.807) is 6.92 Å². The van der Waals surface area contributed by atoms with E-state index < -0.39 is 20.7 Å². The Hall–Kier alpha value is -1.18. The zero-order valence-corrected chi connectivity index (χ0v) is 12.4. The van der Waals surface area contributed by atoms with Gasteiger partial charge in [-0.25, -0.2) is 17.5 Å². The molecule has 1 rings (SSSR count). The van der Waals surface area contributed by atoms with Gasteiger partial charge in [-0.2, -0.15) is 0 Å². The van der Waals surface area contributed by atoms with E-state index in [1.165, 1.54) is 13.0 Å². The topological polar surface area (TPSA) is 75.4 Å². The van der Waals surface area contributed by atoms with Crippen LogP contribution in [0.3, 0.4) is 0 Å². The molecule has 1 unspecified atom stereocenters. The van der Waals surface area contributed by atoms with E-state index in [2.05, 4.69) is 4.72 Å². The quantitative estimate of drug-likeness (QED) is 0.791. The van der Waals surface area contributed by atoms with Crippen LogP contribution in [0.2, 0.25) is 0 Å². The molecule has 19 heavy (non-hydrogen) atoms. The number of likely N-dealkylation sites (N-methyl/N-ethyl adjacent to an activating group) is 1. The second-order valence-corrected chi connectivity index (χ2v) is 6.62. The lowest BCUT2D eigenvalue weighted by Gasteiger charge is -2.19. The van der Waals surface area contributed by atoms with E-state index in [1.807, 2.05) is 19.0 Å². The molecule has 0 spiro atoms. The van der Waals surface area contributed by atoms with Gasteiger partial charge in [-0.15, -0.1) is 0 Å². The van der Waals surface area contributed by atoms with Crippen LogP contribution in [-0.2, 0) is 10.0 Å². The molecule has 0 saturated heterocycles. The van der Waals surface area contributed by atoms with Crippen molar-refractivity contribution in [1.82, 2.24) is 9.62 Å². The van der Waals surface area contributed by atoms with Crippen LogP contribution >= 0.6 is 0 Å². The number of benzene rings is 1. The van der Waals surface area contributed by atoms with Crippen molar-refractivity contribution in [2.45, 2.75) is 24.8 Å². The third-order valence-electron chi connectivity index (χ3n) is 2.53. The average Bonchev–Trinajstić information content (AvgIpc) is 2.20. The van der Waals surface area contributed by atoms with E-state index >= 15 is 0 Å². The Balaban J connectivity index is 3.07. The highest BCUT2D eigenvalue weighted by molar-refractivity contribution is 7.89. The number of halogens is 1. The molecule has 1 aromatic carbocycles. The number of nitrogens with two attached hydrogens (primary N) is 1. The molecule has 0 aliphatic heterocycles. The van der Waals surface area contributed by atoms with Gasteiger partial charge in [0.15, 0.2) is 0 Å². The van der Waals surface area contributed by atoms with E-state index in [0.717, 1.165) is 6.07 Å². The van der Waals surface area contributed by atoms with Crippen LogP contribution in [0, 0.1) is 12.7 Å². The summed E-state index contributed by atoms with van der Waals surface area (Å²) in [6, 6.07) is 2.20. The second kappa shape index (κ2) is 5.85. The smallest absolute Gasteiger partial charge is 0.243 e. The molecule has 0 radical (unpaired) electrons. The summed E-state index contributed by atoms with van der Waals surface area (Å²) >= 11 is 0. The number of nitrogen functional groups attached to an aromatic ring is 1. The number of anilines is 1. The molecule has 5 nitrogen and oxygen atoms in total. The number of nitrogens with one attached hydrogen (secondary N) is 1. The van der Waals surface area contributed by atoms with E-state index in [0.29, 0.717) is 6.54 Å². The predicted molar refractivity (Wildman–Crippen MR) is 73.9 cm³/mol. The van der Waals surface area contributed by atoms with Crippen LogP contribution in [0.4, 0.5) is 10.1 Å². The zero-order chi connectivity index (χ0) is 14.8. The summed E-state index contributed by atoms with van der Waals surface area (Å²) in [5.41, 5.74) is 6.00. The molecule has 0 amide bonds. The van der Waals surface area contributed by atoms with Crippen molar-refractivity contribution >= 4 is 15.7 Å². The third kappa shape index (κ3) is 4.15. The van der Waals surface area contributed by atoms with Crippen LogP contribution in [-0.4, -0.2) is 40.0 Å². The molecular formula is C12H20FN3O2S. The monoisotopic (exact) mass is 289 g/mol. The van der Waals surface area contributed by atoms with Gasteiger partial charge in [-0.1, -0.05) is 0 Å². The number of hydrogen-bond acceptors (Lipinski definition) is 4. The van der Waals surface area contributed by atoms with Gasteiger partial charge in [-0.05, 0) is 45.6 Å². The standard InChI is InChI=1S/C12H20FN3O2S/c1-8-5-10(14)6-11(12(8)13)19(17,18)15-9(2)7-16(3)4/h5-6,9,15H,7,14H2,1-4H3. The molecule has 1 atom stereocenters. The van der Waals surface area contributed by atoms with Gasteiger partial charge in [0, 0.05) is 18.3 Å². The first-order chi connectivity index (χ1) is 8.63. The Morgan fingerprint density at radius 1 is 1.42 bits per heavy atom. The summed E-state index contributed by atoms with van der Waals surface area (Å²) in [7, 11) is -0.254. The maximum Gasteiger partial charge on any atom is 0.243 e. The number of rotatable bonds is 5. The molecule has 0 bridgehead atoms. The Labute approximate surface area is 113 Å². The highest BCUT2D eigenvalue weighted by Gasteiger charge is 2.23. The van der Waals surface area contributed by atoms with Crippen molar-refractivity contribution in [3.63, 3.8) is 0 Å². The van der Waals surface area contributed by atoms with E-state index in [-0.39, 0.29) is 17.3 Å². The van der Waals surface area contributed by atoms with Crippen molar-refractivity contribution < 1.29 is 12.8 Å². The Morgan fingerprint density at radius 2 is 2.00 bits per heavy atom. The minimum absolute atomic E-state index is 0.209. The zero-order valence-electron chi connectivity index (χ0n) is 11.6. The van der Waals surface area contributed by atoms with Crippen LogP contribution in [0.5, 0.6) is 0 Å². The summed E-state index contributed by atoms with van der Waals surface area (Å²) < 4.78 is 40.6. The lowest BCUT2D eigenvalue weighted by molar-refractivity contribution is 0.370. The van der Waals surface area contributed by atoms with Gasteiger partial charge >= 0.3 is 0 Å². The number of hydrogen-bond donors (Lipinski definition) is 2. The molecule has 108 valence electrons. The molecule has 0 saturated carbocycles. The van der Waals surface area contributed by atoms with Crippen molar-refractivity contribution in [1.29, 1.82) is 0 Å². The number of aryl methyl sites for hydroxylation is 1. The first-order valence-electron chi connectivity index (χ1n) is 5.86. The maximum atomic E-state index is 13.9. The fourth-order valence-electron chi connectivity index (χ4n) is 1.87. The first-order valence-corrected chi connectivity index (χ1v) is 7.34. The fraction of sp³-hybridized carbons (Fsp3) is 0.500. The van der Waals surface area contributed by atoms with Gasteiger partial charge in [0.1, 0.15) is 10.7 Å². The lowest BCUT2D eigenvalue weighted by atomic mass is 10.2. The average molecular weight is 289 g/mol. The molecule has 1 aromatic rings. The third-order valence-corrected chi connectivity index (χ3v) is 4.12. The van der Waals surface area contributed by atoms with Gasteiger partial charge < -0.3 is 10.6 Å². The molecule has 0 heterocycles. The Morgan fingerprint density at radius 3 is 2.53 bits per heavy atom. The molecule has 0 aliphatic carbocycles. The minimum atomic E-state index is -3.91.